The Morgan fingerprint density at radius 2 is 1.16 bits per heavy atom. The van der Waals surface area contributed by atoms with Crippen molar-refractivity contribution in [1.29, 1.82) is 0 Å². The number of carbonyl (C=O) groups excluding carboxylic acids is 1. The lowest BCUT2D eigenvalue weighted by molar-refractivity contribution is -0.138. The van der Waals surface area contributed by atoms with Crippen LogP contribution in [0.2, 0.25) is 0 Å². The van der Waals surface area contributed by atoms with E-state index in [9.17, 15) is 31.1 Å². The summed E-state index contributed by atoms with van der Waals surface area (Å²) >= 11 is 0. The maximum atomic E-state index is 12.9. The predicted molar refractivity (Wildman–Crippen MR) is 137 cm³/mol. The smallest absolute Gasteiger partial charge is 0.309 e. The van der Waals surface area contributed by atoms with E-state index in [-0.39, 0.29) is 5.41 Å². The number of likely N-dealkylation sites (N-methyl/N-ethyl adjacent to an activating group) is 1. The lowest BCUT2D eigenvalue weighted by Gasteiger charge is -2.40. The molecule has 0 radical (unpaired) electrons. The van der Waals surface area contributed by atoms with Crippen LogP contribution >= 0.6 is 0 Å². The van der Waals surface area contributed by atoms with Gasteiger partial charge < -0.3 is 9.69 Å². The largest absolute Gasteiger partial charge is 0.416 e. The molecule has 0 unspecified atom stereocenters. The molecule has 0 bridgehead atoms. The van der Waals surface area contributed by atoms with Gasteiger partial charge in [-0.25, -0.2) is 0 Å². The summed E-state index contributed by atoms with van der Waals surface area (Å²) in [5, 5.41) is 0. The van der Waals surface area contributed by atoms with Gasteiger partial charge in [0.25, 0.3) is 0 Å². The Morgan fingerprint density at radius 1 is 0.711 bits per heavy atom. The van der Waals surface area contributed by atoms with Crippen molar-refractivity contribution in [2.45, 2.75) is 87.4 Å². The van der Waals surface area contributed by atoms with E-state index in [4.69, 9.17) is 0 Å². The van der Waals surface area contributed by atoms with Gasteiger partial charge in [0.05, 0.1) is 16.5 Å². The normalized spacial score (nSPS) is 19.4. The van der Waals surface area contributed by atoms with Crippen LogP contribution in [0.25, 0.3) is 0 Å². The number of hydrogen-bond donors (Lipinski definition) is 0. The highest BCUT2D eigenvalue weighted by Crippen LogP contribution is 2.42. The quantitative estimate of drug-likeness (QED) is 0.279. The van der Waals surface area contributed by atoms with Gasteiger partial charge in [-0.2, -0.15) is 26.3 Å². The minimum Gasteiger partial charge on any atom is -0.309 e. The maximum Gasteiger partial charge on any atom is 0.416 e. The Kier molecular flexibility index (Phi) is 9.71. The Bertz CT molecular complexity index is 1050. The molecular weight excluding hydrogens is 504 g/mol. The van der Waals surface area contributed by atoms with E-state index in [1.54, 1.807) is 12.1 Å². The van der Waals surface area contributed by atoms with Crippen LogP contribution in [0.5, 0.6) is 0 Å². The van der Waals surface area contributed by atoms with Crippen molar-refractivity contribution >= 4 is 6.29 Å². The van der Waals surface area contributed by atoms with Crippen molar-refractivity contribution in [2.24, 2.45) is 0 Å². The molecule has 2 aliphatic carbocycles. The number of aldehydes is 1. The molecule has 0 atom stereocenters. The van der Waals surface area contributed by atoms with Gasteiger partial charge in [0.2, 0.25) is 0 Å². The molecule has 0 heterocycles. The van der Waals surface area contributed by atoms with Crippen molar-refractivity contribution in [3.63, 3.8) is 0 Å². The molecule has 2 aromatic carbocycles. The van der Waals surface area contributed by atoms with Crippen LogP contribution in [0.3, 0.4) is 0 Å². The van der Waals surface area contributed by atoms with Gasteiger partial charge in [-0.1, -0.05) is 74.9 Å². The number of carbonyl (C=O) groups is 1. The standard InChI is InChI=1S/C16H22F3N.C14H15F3O/c1-20(2)12-15(9-4-3-5-10-15)13-7-6-8-14(11-13)16(17,18)19;15-14(16,17)12-6-4-5-11(9-12)13(10-18)7-2-1-3-8-13/h6-8,11H,3-5,9-10,12H2,1-2H3;4-6,9-10H,1-3,7-8H2. The molecule has 2 fully saturated rings. The van der Waals surface area contributed by atoms with E-state index in [0.29, 0.717) is 18.4 Å². The van der Waals surface area contributed by atoms with Gasteiger partial charge in [-0.15, -0.1) is 0 Å². The molecule has 0 amide bonds. The third-order valence-corrected chi connectivity index (χ3v) is 7.97. The van der Waals surface area contributed by atoms with Crippen molar-refractivity contribution in [2.75, 3.05) is 20.6 Å². The molecule has 2 aromatic rings. The second-order valence-electron chi connectivity index (χ2n) is 11.1. The lowest BCUT2D eigenvalue weighted by Crippen LogP contribution is -2.39. The van der Waals surface area contributed by atoms with Gasteiger partial charge in [-0.3, -0.25) is 0 Å². The average Bonchev–Trinajstić information content (AvgIpc) is 2.89. The maximum absolute atomic E-state index is 12.9. The molecule has 2 saturated carbocycles. The summed E-state index contributed by atoms with van der Waals surface area (Å²) in [6.07, 6.45) is 1.72. The first-order valence-corrected chi connectivity index (χ1v) is 13.3. The topological polar surface area (TPSA) is 20.3 Å². The number of nitrogens with zero attached hydrogens (tertiary/aromatic N) is 1. The minimum absolute atomic E-state index is 0.122. The lowest BCUT2D eigenvalue weighted by atomic mass is 9.69. The molecular formula is C30H37F6NO. The number of hydrogen-bond acceptors (Lipinski definition) is 2. The van der Waals surface area contributed by atoms with E-state index >= 15 is 0 Å². The zero-order chi connectivity index (χ0) is 28.0. The van der Waals surface area contributed by atoms with Gasteiger partial charge in [0.1, 0.15) is 6.29 Å². The van der Waals surface area contributed by atoms with Crippen molar-refractivity contribution in [3.05, 3.63) is 70.8 Å². The first-order chi connectivity index (χ1) is 17.8. The van der Waals surface area contributed by atoms with Crippen LogP contribution in [-0.2, 0) is 28.0 Å². The summed E-state index contributed by atoms with van der Waals surface area (Å²) in [4.78, 5) is 13.5. The zero-order valence-electron chi connectivity index (χ0n) is 22.1. The Morgan fingerprint density at radius 3 is 1.61 bits per heavy atom. The van der Waals surface area contributed by atoms with E-state index in [1.165, 1.54) is 18.6 Å². The number of halogens is 6. The second-order valence-corrected chi connectivity index (χ2v) is 11.1. The zero-order valence-corrected chi connectivity index (χ0v) is 22.1. The summed E-state index contributed by atoms with van der Waals surface area (Å²) in [5.74, 6) is 0. The summed E-state index contributed by atoms with van der Waals surface area (Å²) in [6, 6.07) is 11.1. The summed E-state index contributed by atoms with van der Waals surface area (Å²) in [7, 11) is 3.98. The highest BCUT2D eigenvalue weighted by atomic mass is 19.4. The van der Waals surface area contributed by atoms with E-state index in [1.807, 2.05) is 20.2 Å². The predicted octanol–water partition coefficient (Wildman–Crippen LogP) is 8.58. The number of benzene rings is 2. The van der Waals surface area contributed by atoms with E-state index < -0.39 is 28.9 Å². The summed E-state index contributed by atoms with van der Waals surface area (Å²) < 4.78 is 76.8. The van der Waals surface area contributed by atoms with Gasteiger partial charge in [0, 0.05) is 12.0 Å². The Labute approximate surface area is 221 Å². The third kappa shape index (κ3) is 7.39. The summed E-state index contributed by atoms with van der Waals surface area (Å²) in [6.45, 7) is 0.814. The second kappa shape index (κ2) is 12.2. The van der Waals surface area contributed by atoms with Crippen LogP contribution in [0.1, 0.15) is 86.5 Å². The monoisotopic (exact) mass is 541 g/mol. The fourth-order valence-electron chi connectivity index (χ4n) is 6.06. The fourth-order valence-corrected chi connectivity index (χ4v) is 6.06. The highest BCUT2D eigenvalue weighted by Gasteiger charge is 2.38. The van der Waals surface area contributed by atoms with Crippen LogP contribution < -0.4 is 0 Å². The molecule has 210 valence electrons. The van der Waals surface area contributed by atoms with Crippen LogP contribution in [-0.4, -0.2) is 31.8 Å². The molecule has 0 spiro atoms. The first kappa shape index (κ1) is 30.2. The Hall–Kier alpha value is -2.35. The minimum atomic E-state index is -4.35. The van der Waals surface area contributed by atoms with E-state index in [0.717, 1.165) is 81.5 Å². The third-order valence-electron chi connectivity index (χ3n) is 7.97. The molecule has 2 nitrogen and oxygen atoms in total. The van der Waals surface area contributed by atoms with E-state index in [2.05, 4.69) is 4.90 Å². The van der Waals surface area contributed by atoms with Crippen molar-refractivity contribution in [1.82, 2.24) is 4.90 Å². The number of alkyl halides is 6. The van der Waals surface area contributed by atoms with Crippen LogP contribution in [0.4, 0.5) is 26.3 Å². The SMILES string of the molecule is CN(C)CC1(c2cccc(C(F)(F)F)c2)CCCCC1.O=CC1(c2cccc(C(F)(F)F)c2)CCCCC1. The average molecular weight is 542 g/mol. The van der Waals surface area contributed by atoms with Crippen LogP contribution in [0, 0.1) is 0 Å². The van der Waals surface area contributed by atoms with Gasteiger partial charge in [-0.05, 0) is 63.0 Å². The highest BCUT2D eigenvalue weighted by molar-refractivity contribution is 5.69. The molecule has 2 aliphatic rings. The van der Waals surface area contributed by atoms with Crippen LogP contribution in [0.15, 0.2) is 48.5 Å². The molecule has 4 rings (SSSR count). The van der Waals surface area contributed by atoms with Crippen molar-refractivity contribution in [3.8, 4) is 0 Å². The molecule has 0 saturated heterocycles. The molecule has 8 heteroatoms. The van der Waals surface area contributed by atoms with Crippen molar-refractivity contribution < 1.29 is 31.1 Å². The Balaban J connectivity index is 0.000000212. The van der Waals surface area contributed by atoms with Gasteiger partial charge >= 0.3 is 12.4 Å². The molecule has 0 aromatic heterocycles. The first-order valence-electron chi connectivity index (χ1n) is 13.3. The molecule has 38 heavy (non-hydrogen) atoms. The summed E-state index contributed by atoms with van der Waals surface area (Å²) in [5.41, 5.74) is -0.680. The van der Waals surface area contributed by atoms with Gasteiger partial charge in [0.15, 0.2) is 0 Å². The molecule has 0 N–H and O–H groups in total. The fraction of sp³-hybridized carbons (Fsp3) is 0.567. The number of rotatable bonds is 5. The molecule has 0 aliphatic heterocycles.